The van der Waals surface area contributed by atoms with Crippen LogP contribution in [0, 0.1) is 6.92 Å². The molecule has 2 rings (SSSR count). The summed E-state index contributed by atoms with van der Waals surface area (Å²) < 4.78 is 0. The van der Waals surface area contributed by atoms with Gasteiger partial charge in [-0.3, -0.25) is 0 Å². The molecule has 0 unspecified atom stereocenters. The molecule has 0 bridgehead atoms. The number of aliphatic hydroxyl groups excluding tert-OH is 1. The Morgan fingerprint density at radius 2 is 1.86 bits per heavy atom. The van der Waals surface area contributed by atoms with E-state index in [0.29, 0.717) is 6.54 Å². The Balaban J connectivity index is 1.93. The average Bonchev–Trinajstić information content (AvgIpc) is 2.53. The maximum atomic E-state index is 11.6. The van der Waals surface area contributed by atoms with E-state index in [0.717, 1.165) is 11.1 Å². The number of nitrogens with one attached hydrogen (secondary N) is 2. The lowest BCUT2D eigenvalue weighted by Crippen LogP contribution is -2.41. The number of amides is 2. The van der Waals surface area contributed by atoms with Crippen molar-refractivity contribution in [2.24, 2.45) is 0 Å². The smallest absolute Gasteiger partial charge is 0.315 e. The fourth-order valence-electron chi connectivity index (χ4n) is 2.14. The fourth-order valence-corrected chi connectivity index (χ4v) is 2.14. The minimum absolute atomic E-state index is 0.0708. The molecule has 2 amide bonds. The van der Waals surface area contributed by atoms with E-state index in [1.807, 2.05) is 18.2 Å². The maximum Gasteiger partial charge on any atom is 0.315 e. The van der Waals surface area contributed by atoms with Crippen LogP contribution in [0.15, 0.2) is 48.5 Å². The van der Waals surface area contributed by atoms with Gasteiger partial charge in [0.25, 0.3) is 0 Å². The number of carbonyl (C=O) groups is 1. The van der Waals surface area contributed by atoms with Crippen molar-refractivity contribution in [3.63, 3.8) is 0 Å². The molecule has 0 radical (unpaired) electrons. The van der Waals surface area contributed by atoms with E-state index in [9.17, 15) is 4.79 Å². The summed E-state index contributed by atoms with van der Waals surface area (Å²) in [5.74, 6) is 0. The Morgan fingerprint density at radius 3 is 2.50 bits per heavy atom. The number of carbonyl (C=O) groups excluding carboxylic acids is 1. The molecule has 0 aliphatic rings. The third-order valence-corrected chi connectivity index (χ3v) is 3.41. The zero-order valence-corrected chi connectivity index (χ0v) is 13.0. The van der Waals surface area contributed by atoms with Crippen LogP contribution in [0.1, 0.15) is 18.1 Å². The van der Waals surface area contributed by atoms with Gasteiger partial charge in [-0.2, -0.15) is 0 Å². The summed E-state index contributed by atoms with van der Waals surface area (Å²) in [6.07, 6.45) is 0. The van der Waals surface area contributed by atoms with Crippen molar-refractivity contribution in [3.05, 3.63) is 59.7 Å². The van der Waals surface area contributed by atoms with Gasteiger partial charge < -0.3 is 15.7 Å². The summed E-state index contributed by atoms with van der Waals surface area (Å²) in [6, 6.07) is 16.0. The van der Waals surface area contributed by atoms with Gasteiger partial charge in [0.1, 0.15) is 0 Å². The Kier molecular flexibility index (Phi) is 5.55. The van der Waals surface area contributed by atoms with E-state index in [1.54, 1.807) is 6.92 Å². The molecule has 2 aromatic rings. The molecule has 0 spiro atoms. The number of aliphatic hydroxyl groups is 1. The molecule has 0 heterocycles. The second kappa shape index (κ2) is 7.61. The molecule has 0 saturated carbocycles. The molecule has 22 heavy (non-hydrogen) atoms. The third kappa shape index (κ3) is 4.60. The van der Waals surface area contributed by atoms with Crippen LogP contribution in [0.25, 0.3) is 11.1 Å². The zero-order chi connectivity index (χ0) is 15.9. The number of hydrogen-bond acceptors (Lipinski definition) is 2. The van der Waals surface area contributed by atoms with Crippen LogP contribution in [0.4, 0.5) is 4.79 Å². The van der Waals surface area contributed by atoms with E-state index in [1.165, 1.54) is 11.1 Å². The van der Waals surface area contributed by atoms with Crippen LogP contribution in [0.3, 0.4) is 0 Å². The number of benzene rings is 2. The van der Waals surface area contributed by atoms with Crippen LogP contribution < -0.4 is 10.6 Å². The van der Waals surface area contributed by atoms with E-state index in [-0.39, 0.29) is 18.7 Å². The first-order valence-corrected chi connectivity index (χ1v) is 7.39. The lowest BCUT2D eigenvalue weighted by atomic mass is 10.0. The molecule has 4 nitrogen and oxygen atoms in total. The molecular weight excluding hydrogens is 276 g/mol. The van der Waals surface area contributed by atoms with E-state index < -0.39 is 0 Å². The molecule has 1 atom stereocenters. The van der Waals surface area contributed by atoms with Gasteiger partial charge in [0.05, 0.1) is 12.6 Å². The van der Waals surface area contributed by atoms with Gasteiger partial charge in [-0.05, 0) is 30.5 Å². The number of aryl methyl sites for hydroxylation is 1. The van der Waals surface area contributed by atoms with Gasteiger partial charge in [-0.25, -0.2) is 4.79 Å². The van der Waals surface area contributed by atoms with Gasteiger partial charge >= 0.3 is 6.03 Å². The van der Waals surface area contributed by atoms with E-state index >= 15 is 0 Å². The van der Waals surface area contributed by atoms with Crippen molar-refractivity contribution < 1.29 is 9.90 Å². The highest BCUT2D eigenvalue weighted by Gasteiger charge is 2.05. The molecule has 4 heteroatoms. The largest absolute Gasteiger partial charge is 0.394 e. The predicted octanol–water partition coefficient (Wildman–Crippen LogP) is 2.84. The Bertz CT molecular complexity index is 623. The SMILES string of the molecule is Cc1cccc(-c2ccc(CNC(=O)N[C@@H](C)CO)cc2)c1. The highest BCUT2D eigenvalue weighted by atomic mass is 16.3. The predicted molar refractivity (Wildman–Crippen MR) is 88.5 cm³/mol. The lowest BCUT2D eigenvalue weighted by Gasteiger charge is -2.12. The summed E-state index contributed by atoms with van der Waals surface area (Å²) in [5.41, 5.74) is 4.61. The maximum absolute atomic E-state index is 11.6. The molecular formula is C18H22N2O2. The Labute approximate surface area is 131 Å². The lowest BCUT2D eigenvalue weighted by molar-refractivity contribution is 0.220. The van der Waals surface area contributed by atoms with Crippen molar-refractivity contribution in [2.75, 3.05) is 6.61 Å². The first-order chi connectivity index (χ1) is 10.6. The monoisotopic (exact) mass is 298 g/mol. The fraction of sp³-hybridized carbons (Fsp3) is 0.278. The van der Waals surface area contributed by atoms with Crippen LogP contribution in [0.2, 0.25) is 0 Å². The quantitative estimate of drug-likeness (QED) is 0.795. The van der Waals surface area contributed by atoms with Gasteiger partial charge in [0.15, 0.2) is 0 Å². The van der Waals surface area contributed by atoms with Crippen LogP contribution in [-0.2, 0) is 6.54 Å². The summed E-state index contributed by atoms with van der Waals surface area (Å²) in [4.78, 5) is 11.6. The standard InChI is InChI=1S/C18H22N2O2/c1-13-4-3-5-17(10-13)16-8-6-15(7-9-16)11-19-18(22)20-14(2)12-21/h3-10,14,21H,11-12H2,1-2H3,(H2,19,20,22)/t14-/m0/s1. The zero-order valence-electron chi connectivity index (χ0n) is 13.0. The van der Waals surface area contributed by atoms with Crippen molar-refractivity contribution in [3.8, 4) is 11.1 Å². The molecule has 0 aliphatic heterocycles. The first kappa shape index (κ1) is 16.0. The molecule has 0 fully saturated rings. The van der Waals surface area contributed by atoms with Crippen molar-refractivity contribution >= 4 is 6.03 Å². The molecule has 0 aliphatic carbocycles. The normalized spacial score (nSPS) is 11.8. The number of urea groups is 1. The summed E-state index contributed by atoms with van der Waals surface area (Å²) in [6.45, 7) is 4.21. The molecule has 3 N–H and O–H groups in total. The van der Waals surface area contributed by atoms with Crippen LogP contribution >= 0.6 is 0 Å². The summed E-state index contributed by atoms with van der Waals surface area (Å²) >= 11 is 0. The topological polar surface area (TPSA) is 61.4 Å². The highest BCUT2D eigenvalue weighted by Crippen LogP contribution is 2.20. The van der Waals surface area contributed by atoms with Crippen LogP contribution in [0.5, 0.6) is 0 Å². The second-order valence-electron chi connectivity index (χ2n) is 5.48. The average molecular weight is 298 g/mol. The van der Waals surface area contributed by atoms with Gasteiger partial charge in [0.2, 0.25) is 0 Å². The van der Waals surface area contributed by atoms with Crippen molar-refractivity contribution in [1.29, 1.82) is 0 Å². The molecule has 0 saturated heterocycles. The highest BCUT2D eigenvalue weighted by molar-refractivity contribution is 5.74. The Morgan fingerprint density at radius 1 is 1.14 bits per heavy atom. The van der Waals surface area contributed by atoms with Gasteiger partial charge in [-0.1, -0.05) is 54.1 Å². The van der Waals surface area contributed by atoms with Crippen molar-refractivity contribution in [1.82, 2.24) is 10.6 Å². The molecule has 116 valence electrons. The van der Waals surface area contributed by atoms with Crippen molar-refractivity contribution in [2.45, 2.75) is 26.4 Å². The third-order valence-electron chi connectivity index (χ3n) is 3.41. The van der Waals surface area contributed by atoms with E-state index in [2.05, 4.69) is 47.9 Å². The first-order valence-electron chi connectivity index (χ1n) is 7.39. The summed E-state index contributed by atoms with van der Waals surface area (Å²) in [5, 5.41) is 14.3. The minimum Gasteiger partial charge on any atom is -0.394 e. The van der Waals surface area contributed by atoms with Gasteiger partial charge in [-0.15, -0.1) is 0 Å². The summed E-state index contributed by atoms with van der Waals surface area (Å²) in [7, 11) is 0. The van der Waals surface area contributed by atoms with Crippen LogP contribution in [-0.4, -0.2) is 23.8 Å². The minimum atomic E-state index is -0.274. The number of rotatable bonds is 5. The molecule has 0 aromatic heterocycles. The van der Waals surface area contributed by atoms with Gasteiger partial charge in [0, 0.05) is 6.54 Å². The van der Waals surface area contributed by atoms with E-state index in [4.69, 9.17) is 5.11 Å². The molecule has 2 aromatic carbocycles. The Hall–Kier alpha value is -2.33. The number of hydrogen-bond donors (Lipinski definition) is 3. The second-order valence-corrected chi connectivity index (χ2v) is 5.48.